The monoisotopic (exact) mass is 240 g/mol. The number of amides is 2. The van der Waals surface area contributed by atoms with E-state index in [1.54, 1.807) is 36.4 Å². The third-order valence-electron chi connectivity index (χ3n) is 2.60. The average molecular weight is 240 g/mol. The minimum absolute atomic E-state index is 0.358. The van der Waals surface area contributed by atoms with Crippen LogP contribution in [-0.2, 0) is 0 Å². The lowest BCUT2D eigenvalue weighted by Gasteiger charge is -2.13. The Morgan fingerprint density at radius 2 is 1.44 bits per heavy atom. The molecule has 1 aromatic heterocycles. The third kappa shape index (κ3) is 1.53. The Hall–Kier alpha value is -2.69. The summed E-state index contributed by atoms with van der Waals surface area (Å²) >= 11 is 0. The van der Waals surface area contributed by atoms with Crippen LogP contribution in [0.2, 0.25) is 0 Å². The Labute approximate surface area is 103 Å². The van der Waals surface area contributed by atoms with Crippen molar-refractivity contribution in [2.75, 3.05) is 0 Å². The molecule has 0 atom stereocenters. The van der Waals surface area contributed by atoms with Gasteiger partial charge in [-0.3, -0.25) is 14.6 Å². The van der Waals surface area contributed by atoms with E-state index in [9.17, 15) is 9.59 Å². The molecule has 0 radical (unpaired) electrons. The highest BCUT2D eigenvalue weighted by molar-refractivity contribution is 6.20. The summed E-state index contributed by atoms with van der Waals surface area (Å²) in [6, 6.07) is 9.77. The van der Waals surface area contributed by atoms with E-state index in [4.69, 9.17) is 4.84 Å². The maximum atomic E-state index is 12.0. The summed E-state index contributed by atoms with van der Waals surface area (Å²) in [5.41, 5.74) is 0.716. The van der Waals surface area contributed by atoms with Gasteiger partial charge in [-0.1, -0.05) is 17.2 Å². The van der Waals surface area contributed by atoms with Gasteiger partial charge in [-0.15, -0.1) is 0 Å². The third-order valence-corrected chi connectivity index (χ3v) is 2.60. The first-order valence-corrected chi connectivity index (χ1v) is 5.33. The standard InChI is InChI=1S/C13H8N2O3/c16-12-10-3-1-2-4-11(10)13(17)15(12)18-9-5-7-14-8-6-9/h1-8H. The van der Waals surface area contributed by atoms with Crippen molar-refractivity contribution in [3.05, 3.63) is 59.9 Å². The van der Waals surface area contributed by atoms with Crippen LogP contribution < -0.4 is 4.84 Å². The van der Waals surface area contributed by atoms with Crippen LogP contribution in [0.5, 0.6) is 5.75 Å². The minimum Gasteiger partial charge on any atom is -0.368 e. The largest absolute Gasteiger partial charge is 0.368 e. The van der Waals surface area contributed by atoms with Crippen molar-refractivity contribution in [2.45, 2.75) is 0 Å². The van der Waals surface area contributed by atoms with E-state index in [0.717, 1.165) is 5.06 Å². The number of carbonyl (C=O) groups is 2. The van der Waals surface area contributed by atoms with Crippen molar-refractivity contribution >= 4 is 11.8 Å². The summed E-state index contributed by atoms with van der Waals surface area (Å²) < 4.78 is 0. The molecular weight excluding hydrogens is 232 g/mol. The highest BCUT2D eigenvalue weighted by Gasteiger charge is 2.37. The van der Waals surface area contributed by atoms with Crippen LogP contribution in [0.15, 0.2) is 48.8 Å². The zero-order valence-corrected chi connectivity index (χ0v) is 9.24. The molecule has 5 nitrogen and oxygen atoms in total. The Morgan fingerprint density at radius 1 is 0.889 bits per heavy atom. The maximum Gasteiger partial charge on any atom is 0.295 e. The first-order valence-electron chi connectivity index (χ1n) is 5.33. The lowest BCUT2D eigenvalue weighted by atomic mass is 10.1. The SMILES string of the molecule is O=C1c2ccccc2C(=O)N1Oc1ccncc1. The van der Waals surface area contributed by atoms with Gasteiger partial charge in [-0.05, 0) is 12.1 Å². The molecule has 0 bridgehead atoms. The van der Waals surface area contributed by atoms with E-state index in [2.05, 4.69) is 4.98 Å². The topological polar surface area (TPSA) is 59.5 Å². The fraction of sp³-hybridized carbons (Fsp3) is 0. The van der Waals surface area contributed by atoms with Gasteiger partial charge in [0.05, 0.1) is 11.1 Å². The molecule has 2 aromatic rings. The van der Waals surface area contributed by atoms with Crippen LogP contribution in [0.25, 0.3) is 0 Å². The van der Waals surface area contributed by atoms with Crippen LogP contribution in [0.4, 0.5) is 0 Å². The highest BCUT2D eigenvalue weighted by Crippen LogP contribution is 2.23. The van der Waals surface area contributed by atoms with Gasteiger partial charge in [0.25, 0.3) is 11.8 Å². The second-order valence-corrected chi connectivity index (χ2v) is 3.72. The molecule has 2 heterocycles. The van der Waals surface area contributed by atoms with Gasteiger partial charge >= 0.3 is 0 Å². The van der Waals surface area contributed by atoms with Gasteiger partial charge in [-0.25, -0.2) is 0 Å². The molecule has 1 aliphatic rings. The fourth-order valence-corrected chi connectivity index (χ4v) is 1.75. The first-order chi connectivity index (χ1) is 8.77. The molecule has 3 rings (SSSR count). The minimum atomic E-state index is -0.451. The molecular formula is C13H8N2O3. The van der Waals surface area contributed by atoms with Crippen LogP contribution >= 0.6 is 0 Å². The van der Waals surface area contributed by atoms with Crippen molar-refractivity contribution in [2.24, 2.45) is 0 Å². The Morgan fingerprint density at radius 3 is 2.00 bits per heavy atom. The molecule has 0 fully saturated rings. The lowest BCUT2D eigenvalue weighted by Crippen LogP contribution is -2.33. The molecule has 0 spiro atoms. The summed E-state index contributed by atoms with van der Waals surface area (Å²) in [7, 11) is 0. The number of fused-ring (bicyclic) bond motifs is 1. The van der Waals surface area contributed by atoms with E-state index in [0.29, 0.717) is 16.9 Å². The van der Waals surface area contributed by atoms with Gasteiger partial charge in [0.2, 0.25) is 0 Å². The normalized spacial score (nSPS) is 13.7. The van der Waals surface area contributed by atoms with Gasteiger partial charge in [0.15, 0.2) is 5.75 Å². The molecule has 2 amide bonds. The number of hydrogen-bond acceptors (Lipinski definition) is 4. The van der Waals surface area contributed by atoms with E-state index >= 15 is 0 Å². The van der Waals surface area contributed by atoms with Gasteiger partial charge in [0, 0.05) is 24.5 Å². The molecule has 0 aliphatic carbocycles. The maximum absolute atomic E-state index is 12.0. The Kier molecular flexibility index (Phi) is 2.30. The predicted molar refractivity (Wildman–Crippen MR) is 61.8 cm³/mol. The van der Waals surface area contributed by atoms with E-state index < -0.39 is 11.8 Å². The van der Waals surface area contributed by atoms with Crippen molar-refractivity contribution in [3.63, 3.8) is 0 Å². The van der Waals surface area contributed by atoms with Gasteiger partial charge in [0.1, 0.15) is 0 Å². The summed E-state index contributed by atoms with van der Waals surface area (Å²) in [5, 5.41) is 0.764. The zero-order chi connectivity index (χ0) is 12.5. The molecule has 88 valence electrons. The summed E-state index contributed by atoms with van der Waals surface area (Å²) in [6.07, 6.45) is 3.04. The number of benzene rings is 1. The first kappa shape index (κ1) is 10.5. The molecule has 0 saturated carbocycles. The number of hydroxylamine groups is 2. The van der Waals surface area contributed by atoms with Crippen molar-refractivity contribution in [3.8, 4) is 5.75 Å². The van der Waals surface area contributed by atoms with Crippen molar-refractivity contribution in [1.82, 2.24) is 10.0 Å². The average Bonchev–Trinajstić information content (AvgIpc) is 2.66. The van der Waals surface area contributed by atoms with Crippen molar-refractivity contribution in [1.29, 1.82) is 0 Å². The number of carbonyl (C=O) groups excluding carboxylic acids is 2. The van der Waals surface area contributed by atoms with Gasteiger partial charge in [-0.2, -0.15) is 0 Å². The number of nitrogens with zero attached hydrogens (tertiary/aromatic N) is 2. The van der Waals surface area contributed by atoms with Gasteiger partial charge < -0.3 is 4.84 Å². The van der Waals surface area contributed by atoms with Crippen LogP contribution in [0.3, 0.4) is 0 Å². The molecule has 1 aromatic carbocycles. The highest BCUT2D eigenvalue weighted by atomic mass is 16.7. The molecule has 1 aliphatic heterocycles. The van der Waals surface area contributed by atoms with Crippen LogP contribution in [0, 0.1) is 0 Å². The second-order valence-electron chi connectivity index (χ2n) is 3.72. The molecule has 5 heteroatoms. The van der Waals surface area contributed by atoms with E-state index in [1.807, 2.05) is 0 Å². The number of pyridine rings is 1. The number of aromatic nitrogens is 1. The quantitative estimate of drug-likeness (QED) is 0.749. The molecule has 0 unspecified atom stereocenters. The molecule has 18 heavy (non-hydrogen) atoms. The number of hydrogen-bond donors (Lipinski definition) is 0. The molecule has 0 saturated heterocycles. The summed E-state index contributed by atoms with van der Waals surface area (Å²) in [4.78, 5) is 33.1. The number of rotatable bonds is 2. The van der Waals surface area contributed by atoms with E-state index in [1.165, 1.54) is 12.4 Å². The smallest absolute Gasteiger partial charge is 0.295 e. The van der Waals surface area contributed by atoms with Crippen LogP contribution in [-0.4, -0.2) is 21.9 Å². The fourth-order valence-electron chi connectivity index (χ4n) is 1.75. The van der Waals surface area contributed by atoms with E-state index in [-0.39, 0.29) is 0 Å². The van der Waals surface area contributed by atoms with Crippen LogP contribution in [0.1, 0.15) is 20.7 Å². The Balaban J connectivity index is 1.93. The van der Waals surface area contributed by atoms with Crippen molar-refractivity contribution < 1.29 is 14.4 Å². The molecule has 0 N–H and O–H groups in total. The predicted octanol–water partition coefficient (Wildman–Crippen LogP) is 1.67. The lowest BCUT2D eigenvalue weighted by molar-refractivity contribution is -0.0141. The Bertz CT molecular complexity index is 590. The number of imide groups is 1. The summed E-state index contributed by atoms with van der Waals surface area (Å²) in [5.74, 6) is -0.515. The zero-order valence-electron chi connectivity index (χ0n) is 9.24. The summed E-state index contributed by atoms with van der Waals surface area (Å²) in [6.45, 7) is 0. The second kappa shape index (κ2) is 3.96.